The van der Waals surface area contributed by atoms with Crippen LogP contribution < -0.4 is 5.32 Å². The van der Waals surface area contributed by atoms with Gasteiger partial charge in [-0.05, 0) is 26.0 Å². The summed E-state index contributed by atoms with van der Waals surface area (Å²) < 4.78 is 13.6. The van der Waals surface area contributed by atoms with E-state index in [1.165, 1.54) is 6.07 Å². The van der Waals surface area contributed by atoms with Gasteiger partial charge in [-0.2, -0.15) is 0 Å². The van der Waals surface area contributed by atoms with E-state index in [1.54, 1.807) is 25.1 Å². The van der Waals surface area contributed by atoms with Crippen LogP contribution in [-0.4, -0.2) is 17.4 Å². The lowest BCUT2D eigenvalue weighted by atomic mass is 10.1. The van der Waals surface area contributed by atoms with E-state index in [9.17, 15) is 9.18 Å². The number of carbonyl (C=O) groups is 1. The van der Waals surface area contributed by atoms with Gasteiger partial charge in [-0.25, -0.2) is 9.37 Å². The van der Waals surface area contributed by atoms with E-state index in [0.717, 1.165) is 0 Å². The third kappa shape index (κ3) is 2.11. The molecule has 1 aromatic heterocycles. The molecule has 1 amide bonds. The van der Waals surface area contributed by atoms with E-state index in [0.29, 0.717) is 23.2 Å². The minimum Gasteiger partial charge on any atom is -0.352 e. The number of para-hydroxylation sites is 1. The van der Waals surface area contributed by atoms with Crippen molar-refractivity contribution in [3.63, 3.8) is 0 Å². The molecule has 1 heterocycles. The number of fused-ring (bicyclic) bond motifs is 1. The lowest BCUT2D eigenvalue weighted by molar-refractivity contribution is 0.0957. The summed E-state index contributed by atoms with van der Waals surface area (Å²) in [7, 11) is 0. The zero-order valence-corrected chi connectivity index (χ0v) is 9.75. The van der Waals surface area contributed by atoms with Crippen LogP contribution in [0.3, 0.4) is 0 Å². The minimum absolute atomic E-state index is 0.200. The molecule has 1 N–H and O–H groups in total. The second-order valence-electron chi connectivity index (χ2n) is 3.81. The molecular formula is C13H13FN2O. The molecule has 0 bridgehead atoms. The number of nitrogens with zero attached hydrogens (tertiary/aromatic N) is 1. The highest BCUT2D eigenvalue weighted by molar-refractivity contribution is 6.06. The van der Waals surface area contributed by atoms with Crippen molar-refractivity contribution in [1.29, 1.82) is 0 Å². The van der Waals surface area contributed by atoms with E-state index in [4.69, 9.17) is 0 Å². The normalized spacial score (nSPS) is 10.5. The first kappa shape index (κ1) is 11.5. The Morgan fingerprint density at radius 2 is 2.24 bits per heavy atom. The van der Waals surface area contributed by atoms with E-state index < -0.39 is 5.82 Å². The number of benzene rings is 1. The van der Waals surface area contributed by atoms with Crippen LogP contribution in [0.25, 0.3) is 10.9 Å². The van der Waals surface area contributed by atoms with Crippen LogP contribution in [0.1, 0.15) is 23.0 Å². The van der Waals surface area contributed by atoms with Crippen molar-refractivity contribution in [2.45, 2.75) is 13.8 Å². The summed E-state index contributed by atoms with van der Waals surface area (Å²) in [5.74, 6) is -0.606. The molecule has 88 valence electrons. The van der Waals surface area contributed by atoms with Crippen molar-refractivity contribution in [1.82, 2.24) is 10.3 Å². The Morgan fingerprint density at radius 3 is 2.94 bits per heavy atom. The maximum Gasteiger partial charge on any atom is 0.252 e. The first-order valence-electron chi connectivity index (χ1n) is 5.47. The van der Waals surface area contributed by atoms with Gasteiger partial charge in [0.15, 0.2) is 0 Å². The number of aryl methyl sites for hydroxylation is 1. The lowest BCUT2D eigenvalue weighted by Crippen LogP contribution is -2.23. The molecule has 0 saturated carbocycles. The monoisotopic (exact) mass is 232 g/mol. The zero-order valence-electron chi connectivity index (χ0n) is 9.75. The maximum atomic E-state index is 13.6. The van der Waals surface area contributed by atoms with Crippen LogP contribution in [0, 0.1) is 12.7 Å². The third-order valence-electron chi connectivity index (χ3n) is 2.50. The quantitative estimate of drug-likeness (QED) is 0.864. The van der Waals surface area contributed by atoms with Crippen LogP contribution in [0.2, 0.25) is 0 Å². The topological polar surface area (TPSA) is 42.0 Å². The SMILES string of the molecule is CCNC(=O)c1cc(C)nc2c(F)cccc12. The van der Waals surface area contributed by atoms with Crippen LogP contribution in [0.5, 0.6) is 0 Å². The summed E-state index contributed by atoms with van der Waals surface area (Å²) >= 11 is 0. The Morgan fingerprint density at radius 1 is 1.47 bits per heavy atom. The fourth-order valence-electron chi connectivity index (χ4n) is 1.79. The van der Waals surface area contributed by atoms with Gasteiger partial charge in [-0.3, -0.25) is 4.79 Å². The number of hydrogen-bond acceptors (Lipinski definition) is 2. The van der Waals surface area contributed by atoms with Crippen molar-refractivity contribution in [2.24, 2.45) is 0 Å². The second-order valence-corrected chi connectivity index (χ2v) is 3.81. The molecule has 0 fully saturated rings. The molecule has 0 unspecified atom stereocenters. The maximum absolute atomic E-state index is 13.6. The predicted octanol–water partition coefficient (Wildman–Crippen LogP) is 2.43. The Bertz CT molecular complexity index is 581. The number of pyridine rings is 1. The van der Waals surface area contributed by atoms with E-state index >= 15 is 0 Å². The molecule has 0 atom stereocenters. The number of nitrogens with one attached hydrogen (secondary N) is 1. The first-order chi connectivity index (χ1) is 8.13. The molecular weight excluding hydrogens is 219 g/mol. The Balaban J connectivity index is 2.70. The Kier molecular flexibility index (Phi) is 3.04. The molecule has 0 saturated heterocycles. The van der Waals surface area contributed by atoms with Crippen molar-refractivity contribution in [3.05, 3.63) is 41.3 Å². The van der Waals surface area contributed by atoms with Crippen molar-refractivity contribution in [3.8, 4) is 0 Å². The van der Waals surface area contributed by atoms with Gasteiger partial charge in [0.05, 0.1) is 5.56 Å². The molecule has 0 spiro atoms. The van der Waals surface area contributed by atoms with Crippen LogP contribution in [0.15, 0.2) is 24.3 Å². The fraction of sp³-hybridized carbons (Fsp3) is 0.231. The lowest BCUT2D eigenvalue weighted by Gasteiger charge is -2.08. The van der Waals surface area contributed by atoms with Gasteiger partial charge in [-0.15, -0.1) is 0 Å². The average molecular weight is 232 g/mol. The first-order valence-corrected chi connectivity index (χ1v) is 5.47. The number of halogens is 1. The highest BCUT2D eigenvalue weighted by Crippen LogP contribution is 2.20. The van der Waals surface area contributed by atoms with Crippen LogP contribution >= 0.6 is 0 Å². The van der Waals surface area contributed by atoms with Crippen LogP contribution in [-0.2, 0) is 0 Å². The minimum atomic E-state index is -0.406. The largest absolute Gasteiger partial charge is 0.352 e. The van der Waals surface area contributed by atoms with E-state index in [1.807, 2.05) is 6.92 Å². The number of amides is 1. The van der Waals surface area contributed by atoms with Crippen LogP contribution in [0.4, 0.5) is 4.39 Å². The predicted molar refractivity (Wildman–Crippen MR) is 64.4 cm³/mol. The zero-order chi connectivity index (χ0) is 12.4. The molecule has 1 aromatic carbocycles. The Labute approximate surface area is 98.7 Å². The van der Waals surface area contributed by atoms with Crippen molar-refractivity contribution >= 4 is 16.8 Å². The summed E-state index contributed by atoms with van der Waals surface area (Å²) in [4.78, 5) is 16.0. The highest BCUT2D eigenvalue weighted by Gasteiger charge is 2.13. The van der Waals surface area contributed by atoms with Gasteiger partial charge in [0.2, 0.25) is 0 Å². The molecule has 17 heavy (non-hydrogen) atoms. The standard InChI is InChI=1S/C13H13FN2O/c1-3-15-13(17)10-7-8(2)16-12-9(10)5-4-6-11(12)14/h4-7H,3H2,1-2H3,(H,15,17). The number of hydrogen-bond donors (Lipinski definition) is 1. The smallest absolute Gasteiger partial charge is 0.252 e. The number of rotatable bonds is 2. The molecule has 0 aliphatic heterocycles. The van der Waals surface area contributed by atoms with Gasteiger partial charge in [-0.1, -0.05) is 12.1 Å². The summed E-state index contributed by atoms with van der Waals surface area (Å²) in [6.45, 7) is 4.13. The van der Waals surface area contributed by atoms with Gasteiger partial charge in [0.1, 0.15) is 11.3 Å². The van der Waals surface area contributed by atoms with Gasteiger partial charge in [0, 0.05) is 17.6 Å². The number of carbonyl (C=O) groups excluding carboxylic acids is 1. The molecule has 2 rings (SSSR count). The molecule has 3 nitrogen and oxygen atoms in total. The van der Waals surface area contributed by atoms with E-state index in [2.05, 4.69) is 10.3 Å². The molecule has 0 aliphatic rings. The summed E-state index contributed by atoms with van der Waals surface area (Å²) in [6.07, 6.45) is 0. The molecule has 2 aromatic rings. The van der Waals surface area contributed by atoms with Crippen molar-refractivity contribution in [2.75, 3.05) is 6.54 Å². The second kappa shape index (κ2) is 4.49. The number of aromatic nitrogens is 1. The fourth-order valence-corrected chi connectivity index (χ4v) is 1.79. The Hall–Kier alpha value is -1.97. The molecule has 0 radical (unpaired) electrons. The van der Waals surface area contributed by atoms with Crippen molar-refractivity contribution < 1.29 is 9.18 Å². The third-order valence-corrected chi connectivity index (χ3v) is 2.50. The highest BCUT2D eigenvalue weighted by atomic mass is 19.1. The van der Waals surface area contributed by atoms with Gasteiger partial charge in [0.25, 0.3) is 5.91 Å². The average Bonchev–Trinajstić information content (AvgIpc) is 2.30. The summed E-state index contributed by atoms with van der Waals surface area (Å²) in [5.41, 5.74) is 1.34. The van der Waals surface area contributed by atoms with E-state index in [-0.39, 0.29) is 11.4 Å². The molecule has 4 heteroatoms. The summed E-state index contributed by atoms with van der Waals surface area (Å²) in [6, 6.07) is 6.30. The molecule has 0 aliphatic carbocycles. The van der Waals surface area contributed by atoms with Gasteiger partial charge >= 0.3 is 0 Å². The summed E-state index contributed by atoms with van der Waals surface area (Å²) in [5, 5.41) is 3.25. The van der Waals surface area contributed by atoms with Gasteiger partial charge < -0.3 is 5.32 Å².